The molecule has 5 heteroatoms. The van der Waals surface area contributed by atoms with Crippen LogP contribution in [0.25, 0.3) is 0 Å². The van der Waals surface area contributed by atoms with Crippen molar-refractivity contribution < 1.29 is 13.2 Å². The van der Waals surface area contributed by atoms with E-state index in [0.29, 0.717) is 6.42 Å². The van der Waals surface area contributed by atoms with Crippen molar-refractivity contribution in [1.82, 2.24) is 0 Å². The molecule has 0 aromatic rings. The van der Waals surface area contributed by atoms with Gasteiger partial charge in [-0.2, -0.15) is 13.2 Å². The van der Waals surface area contributed by atoms with E-state index in [-0.39, 0.29) is 0 Å². The fourth-order valence-corrected chi connectivity index (χ4v) is 1.01. The number of hydrogen-bond donors (Lipinski definition) is 0. The maximum Gasteiger partial charge on any atom is 0.444 e. The molecule has 0 spiro atoms. The molecule has 1 nitrogen and oxygen atoms in total. The van der Waals surface area contributed by atoms with Crippen molar-refractivity contribution in [1.29, 1.82) is 0 Å². The summed E-state index contributed by atoms with van der Waals surface area (Å²) >= 11 is 4.96. The van der Waals surface area contributed by atoms with E-state index >= 15 is 0 Å². The van der Waals surface area contributed by atoms with Gasteiger partial charge in [-0.1, -0.05) is 35.9 Å². The Hall–Kier alpha value is -0.770. The lowest BCUT2D eigenvalue weighted by Crippen LogP contribution is -2.19. The Labute approximate surface area is 78.6 Å². The quantitative estimate of drug-likeness (QED) is 0.589. The smallest absolute Gasteiger partial charge is 0.261 e. The number of allylic oxidation sites excluding steroid dienone is 2. The number of halogens is 4. The third-order valence-corrected chi connectivity index (χ3v) is 1.78. The second-order valence-electron chi connectivity index (χ2n) is 2.53. The Balaban J connectivity index is 2.65. The largest absolute Gasteiger partial charge is 0.444 e. The number of aliphatic imine (C=N–C) groups is 1. The molecule has 72 valence electrons. The molecule has 0 heterocycles. The Bertz CT molecular complexity index is 265. The monoisotopic (exact) mass is 209 g/mol. The van der Waals surface area contributed by atoms with E-state index in [9.17, 15) is 13.2 Å². The number of nitrogens with zero attached hydrogens (tertiary/aromatic N) is 1. The van der Waals surface area contributed by atoms with Crippen LogP contribution in [0, 0.1) is 0 Å². The molecule has 1 aliphatic carbocycles. The molecule has 1 atom stereocenters. The van der Waals surface area contributed by atoms with Crippen molar-refractivity contribution in [2.45, 2.75) is 18.6 Å². The van der Waals surface area contributed by atoms with Crippen LogP contribution in [0.2, 0.25) is 0 Å². The van der Waals surface area contributed by atoms with Gasteiger partial charge in [0.15, 0.2) is 0 Å². The van der Waals surface area contributed by atoms with Crippen molar-refractivity contribution in [2.24, 2.45) is 4.99 Å². The fourth-order valence-electron chi connectivity index (χ4n) is 0.882. The van der Waals surface area contributed by atoms with Crippen LogP contribution in [0.3, 0.4) is 0 Å². The maximum atomic E-state index is 11.9. The Morgan fingerprint density at radius 3 is 2.54 bits per heavy atom. The molecule has 1 rings (SSSR count). The minimum absolute atomic E-state index is 0.461. The lowest BCUT2D eigenvalue weighted by atomic mass is 10.1. The number of rotatable bonds is 1. The molecule has 0 saturated carbocycles. The third kappa shape index (κ3) is 3.22. The van der Waals surface area contributed by atoms with Gasteiger partial charge in [-0.05, 0) is 6.42 Å². The van der Waals surface area contributed by atoms with Crippen molar-refractivity contribution in [3.05, 3.63) is 24.3 Å². The molecular formula is C8H7ClF3N. The molecule has 0 saturated heterocycles. The summed E-state index contributed by atoms with van der Waals surface area (Å²) in [6, 6.07) is -0.487. The van der Waals surface area contributed by atoms with Crippen LogP contribution in [-0.2, 0) is 0 Å². The van der Waals surface area contributed by atoms with Gasteiger partial charge in [0.2, 0.25) is 5.17 Å². The summed E-state index contributed by atoms with van der Waals surface area (Å²) in [7, 11) is 0. The van der Waals surface area contributed by atoms with E-state index in [4.69, 9.17) is 11.6 Å². The first-order valence-electron chi connectivity index (χ1n) is 3.64. The summed E-state index contributed by atoms with van der Waals surface area (Å²) in [5.41, 5.74) is 0. The fraction of sp³-hybridized carbons (Fsp3) is 0.375. The summed E-state index contributed by atoms with van der Waals surface area (Å²) < 4.78 is 35.7. The first-order valence-corrected chi connectivity index (χ1v) is 4.02. The summed E-state index contributed by atoms with van der Waals surface area (Å²) in [6.07, 6.45) is 2.66. The minimum atomic E-state index is -4.53. The van der Waals surface area contributed by atoms with E-state index in [1.54, 1.807) is 24.3 Å². The van der Waals surface area contributed by atoms with Crippen LogP contribution < -0.4 is 0 Å². The average molecular weight is 210 g/mol. The summed E-state index contributed by atoms with van der Waals surface area (Å²) in [5, 5.41) is -1.29. The van der Waals surface area contributed by atoms with E-state index in [1.165, 1.54) is 0 Å². The first-order chi connectivity index (χ1) is 6.00. The topological polar surface area (TPSA) is 12.4 Å². The summed E-state index contributed by atoms with van der Waals surface area (Å²) in [4.78, 5) is 3.33. The van der Waals surface area contributed by atoms with Crippen LogP contribution >= 0.6 is 11.6 Å². The minimum Gasteiger partial charge on any atom is -0.261 e. The van der Waals surface area contributed by atoms with E-state index in [1.807, 2.05) is 0 Å². The van der Waals surface area contributed by atoms with Gasteiger partial charge in [0.1, 0.15) is 0 Å². The second-order valence-corrected chi connectivity index (χ2v) is 2.89. The van der Waals surface area contributed by atoms with Crippen LogP contribution in [0.1, 0.15) is 6.42 Å². The van der Waals surface area contributed by atoms with Gasteiger partial charge in [-0.3, -0.25) is 4.99 Å². The van der Waals surface area contributed by atoms with E-state index < -0.39 is 17.4 Å². The van der Waals surface area contributed by atoms with E-state index in [2.05, 4.69) is 4.99 Å². The summed E-state index contributed by atoms with van der Waals surface area (Å²) in [6.45, 7) is 0. The molecule has 0 aliphatic heterocycles. The molecule has 13 heavy (non-hydrogen) atoms. The Morgan fingerprint density at radius 1 is 1.38 bits per heavy atom. The van der Waals surface area contributed by atoms with Gasteiger partial charge in [-0.15, -0.1) is 0 Å². The Morgan fingerprint density at radius 2 is 2.08 bits per heavy atom. The molecule has 0 fully saturated rings. The highest BCUT2D eigenvalue weighted by Gasteiger charge is 2.34. The lowest BCUT2D eigenvalue weighted by molar-refractivity contribution is -0.0561. The highest BCUT2D eigenvalue weighted by molar-refractivity contribution is 6.66. The number of alkyl halides is 3. The first kappa shape index (κ1) is 10.3. The van der Waals surface area contributed by atoms with Gasteiger partial charge in [0.25, 0.3) is 0 Å². The SMILES string of the molecule is FC(F)(F)C(Cl)=NC1C=CC=CC1. The molecule has 0 amide bonds. The highest BCUT2D eigenvalue weighted by atomic mass is 35.5. The average Bonchev–Trinajstić information content (AvgIpc) is 2.04. The molecule has 0 bridgehead atoms. The molecule has 0 aromatic heterocycles. The Kier molecular flexibility index (Phi) is 3.14. The normalized spacial score (nSPS) is 23.7. The maximum absolute atomic E-state index is 11.9. The van der Waals surface area contributed by atoms with Crippen molar-refractivity contribution >= 4 is 16.8 Å². The highest BCUT2D eigenvalue weighted by Crippen LogP contribution is 2.21. The number of hydrogen-bond acceptors (Lipinski definition) is 1. The molecule has 0 radical (unpaired) electrons. The molecule has 1 aliphatic rings. The van der Waals surface area contributed by atoms with Crippen LogP contribution in [0.15, 0.2) is 29.3 Å². The summed E-state index contributed by atoms with van der Waals surface area (Å²) in [5.74, 6) is 0. The standard InChI is InChI=1S/C8H7ClF3N/c9-7(8(10,11)12)13-6-4-2-1-3-5-6/h1-4,6H,5H2. The van der Waals surface area contributed by atoms with Crippen LogP contribution in [-0.4, -0.2) is 17.4 Å². The van der Waals surface area contributed by atoms with Crippen LogP contribution in [0.4, 0.5) is 13.2 Å². The third-order valence-electron chi connectivity index (χ3n) is 1.47. The predicted octanol–water partition coefficient (Wildman–Crippen LogP) is 3.07. The van der Waals surface area contributed by atoms with Crippen LogP contribution in [0.5, 0.6) is 0 Å². The molecular weight excluding hydrogens is 203 g/mol. The molecule has 1 unspecified atom stereocenters. The van der Waals surface area contributed by atoms with Gasteiger partial charge in [0, 0.05) is 0 Å². The van der Waals surface area contributed by atoms with Gasteiger partial charge < -0.3 is 0 Å². The van der Waals surface area contributed by atoms with Crippen molar-refractivity contribution in [3.63, 3.8) is 0 Å². The van der Waals surface area contributed by atoms with Gasteiger partial charge in [-0.25, -0.2) is 0 Å². The second kappa shape index (κ2) is 3.96. The molecule has 0 N–H and O–H groups in total. The predicted molar refractivity (Wildman–Crippen MR) is 46.0 cm³/mol. The van der Waals surface area contributed by atoms with Gasteiger partial charge in [0.05, 0.1) is 6.04 Å². The van der Waals surface area contributed by atoms with Crippen molar-refractivity contribution in [2.75, 3.05) is 0 Å². The van der Waals surface area contributed by atoms with Crippen molar-refractivity contribution in [3.8, 4) is 0 Å². The zero-order chi connectivity index (χ0) is 9.90. The van der Waals surface area contributed by atoms with Gasteiger partial charge >= 0.3 is 6.18 Å². The zero-order valence-corrected chi connectivity index (χ0v) is 7.31. The molecule has 0 aromatic carbocycles. The lowest BCUT2D eigenvalue weighted by Gasteiger charge is -2.09. The zero-order valence-electron chi connectivity index (χ0n) is 6.55. The van der Waals surface area contributed by atoms with E-state index in [0.717, 1.165) is 0 Å².